The summed E-state index contributed by atoms with van der Waals surface area (Å²) in [6, 6.07) is 10.1. The van der Waals surface area contributed by atoms with Gasteiger partial charge >= 0.3 is 0 Å². The van der Waals surface area contributed by atoms with Crippen LogP contribution in [0.3, 0.4) is 0 Å². The van der Waals surface area contributed by atoms with Crippen molar-refractivity contribution in [1.29, 1.82) is 0 Å². The van der Waals surface area contributed by atoms with E-state index in [4.69, 9.17) is 18.9 Å². The van der Waals surface area contributed by atoms with E-state index in [9.17, 15) is 0 Å². The minimum atomic E-state index is 0.321. The van der Waals surface area contributed by atoms with Gasteiger partial charge in [-0.25, -0.2) is 0 Å². The van der Waals surface area contributed by atoms with Gasteiger partial charge in [0, 0.05) is 13.7 Å². The number of hydrogen-bond acceptors (Lipinski definition) is 4. The van der Waals surface area contributed by atoms with Crippen molar-refractivity contribution in [1.82, 2.24) is 0 Å². The molecule has 0 N–H and O–H groups in total. The van der Waals surface area contributed by atoms with Gasteiger partial charge in [-0.15, -0.1) is 0 Å². The average Bonchev–Trinajstić information content (AvgIpc) is 2.42. The van der Waals surface area contributed by atoms with E-state index in [0.717, 1.165) is 6.42 Å². The lowest BCUT2D eigenvalue weighted by molar-refractivity contribution is -0.0696. The number of hydrogen-bond donors (Lipinski definition) is 0. The number of rotatable bonds is 11. The van der Waals surface area contributed by atoms with Gasteiger partial charge in [-0.3, -0.25) is 0 Å². The highest BCUT2D eigenvalue weighted by Gasteiger charge is 1.93. The second-order valence-corrected chi connectivity index (χ2v) is 3.82. The summed E-state index contributed by atoms with van der Waals surface area (Å²) in [5, 5.41) is 0. The molecule has 0 radical (unpaired) electrons. The van der Waals surface area contributed by atoms with Crippen molar-refractivity contribution in [2.75, 3.05) is 40.3 Å². The number of ether oxygens (including phenoxy) is 4. The van der Waals surface area contributed by atoms with Crippen molar-refractivity contribution < 1.29 is 18.9 Å². The SMILES string of the molecule is COCCOCOCCCOCc1ccccc1. The second-order valence-electron chi connectivity index (χ2n) is 3.82. The van der Waals surface area contributed by atoms with Crippen molar-refractivity contribution in [3.63, 3.8) is 0 Å². The maximum Gasteiger partial charge on any atom is 0.146 e. The predicted molar refractivity (Wildman–Crippen MR) is 69.4 cm³/mol. The Labute approximate surface area is 109 Å². The summed E-state index contributed by atoms with van der Waals surface area (Å²) in [5.74, 6) is 0. The maximum absolute atomic E-state index is 5.52. The van der Waals surface area contributed by atoms with E-state index >= 15 is 0 Å². The molecule has 0 saturated heterocycles. The third kappa shape index (κ3) is 8.20. The molecule has 0 aromatic heterocycles. The van der Waals surface area contributed by atoms with Crippen LogP contribution in [0.1, 0.15) is 12.0 Å². The smallest absolute Gasteiger partial charge is 0.146 e. The molecule has 102 valence electrons. The molecule has 0 spiro atoms. The lowest BCUT2D eigenvalue weighted by atomic mass is 10.2. The van der Waals surface area contributed by atoms with Crippen LogP contribution in [0.15, 0.2) is 30.3 Å². The first-order valence-electron chi connectivity index (χ1n) is 6.19. The van der Waals surface area contributed by atoms with E-state index < -0.39 is 0 Å². The second kappa shape index (κ2) is 11.2. The van der Waals surface area contributed by atoms with Crippen molar-refractivity contribution >= 4 is 0 Å². The molecule has 1 rings (SSSR count). The lowest BCUT2D eigenvalue weighted by Crippen LogP contribution is -2.07. The van der Waals surface area contributed by atoms with Crippen molar-refractivity contribution in [3.8, 4) is 0 Å². The molecule has 0 aliphatic heterocycles. The van der Waals surface area contributed by atoms with Crippen LogP contribution in [0.4, 0.5) is 0 Å². The summed E-state index contributed by atoms with van der Waals surface area (Å²) >= 11 is 0. The molecule has 0 atom stereocenters. The van der Waals surface area contributed by atoms with E-state index in [0.29, 0.717) is 39.8 Å². The summed E-state index contributed by atoms with van der Waals surface area (Å²) in [6.45, 7) is 3.51. The Balaban J connectivity index is 1.82. The first-order chi connectivity index (χ1) is 8.93. The van der Waals surface area contributed by atoms with Crippen LogP contribution in [-0.2, 0) is 25.6 Å². The lowest BCUT2D eigenvalue weighted by Gasteiger charge is -2.06. The largest absolute Gasteiger partial charge is 0.382 e. The van der Waals surface area contributed by atoms with E-state index in [1.807, 2.05) is 18.2 Å². The van der Waals surface area contributed by atoms with Crippen LogP contribution in [0.2, 0.25) is 0 Å². The highest BCUT2D eigenvalue weighted by Crippen LogP contribution is 2.00. The van der Waals surface area contributed by atoms with Gasteiger partial charge in [-0.2, -0.15) is 0 Å². The molecule has 1 aromatic carbocycles. The highest BCUT2D eigenvalue weighted by molar-refractivity contribution is 5.13. The van der Waals surface area contributed by atoms with Gasteiger partial charge in [0.25, 0.3) is 0 Å². The molecule has 0 bridgehead atoms. The zero-order valence-electron chi connectivity index (χ0n) is 11.0. The Bertz CT molecular complexity index is 276. The van der Waals surface area contributed by atoms with Gasteiger partial charge < -0.3 is 18.9 Å². The monoisotopic (exact) mass is 254 g/mol. The summed E-state index contributed by atoms with van der Waals surface area (Å²) in [4.78, 5) is 0. The molecule has 0 aliphatic carbocycles. The normalized spacial score (nSPS) is 10.7. The van der Waals surface area contributed by atoms with Crippen molar-refractivity contribution in [3.05, 3.63) is 35.9 Å². The van der Waals surface area contributed by atoms with Crippen LogP contribution >= 0.6 is 0 Å². The van der Waals surface area contributed by atoms with Gasteiger partial charge in [-0.1, -0.05) is 30.3 Å². The van der Waals surface area contributed by atoms with E-state index in [1.54, 1.807) is 7.11 Å². The topological polar surface area (TPSA) is 36.9 Å². The van der Waals surface area contributed by atoms with Gasteiger partial charge in [-0.05, 0) is 12.0 Å². The van der Waals surface area contributed by atoms with Gasteiger partial charge in [0.15, 0.2) is 0 Å². The summed E-state index contributed by atoms with van der Waals surface area (Å²) < 4.78 is 20.8. The third-order valence-corrected chi connectivity index (χ3v) is 2.29. The first-order valence-corrected chi connectivity index (χ1v) is 6.19. The highest BCUT2D eigenvalue weighted by atomic mass is 16.7. The van der Waals surface area contributed by atoms with Crippen LogP contribution in [0.5, 0.6) is 0 Å². The van der Waals surface area contributed by atoms with Crippen LogP contribution < -0.4 is 0 Å². The molecule has 0 heterocycles. The van der Waals surface area contributed by atoms with E-state index in [2.05, 4.69) is 12.1 Å². The van der Waals surface area contributed by atoms with E-state index in [1.165, 1.54) is 5.56 Å². The molecule has 0 amide bonds. The fourth-order valence-corrected chi connectivity index (χ4v) is 1.35. The third-order valence-electron chi connectivity index (χ3n) is 2.29. The quantitative estimate of drug-likeness (QED) is 0.448. The zero-order valence-corrected chi connectivity index (χ0v) is 11.0. The van der Waals surface area contributed by atoms with Crippen molar-refractivity contribution in [2.45, 2.75) is 13.0 Å². The molecule has 1 aromatic rings. The fourth-order valence-electron chi connectivity index (χ4n) is 1.35. The van der Waals surface area contributed by atoms with Crippen LogP contribution in [-0.4, -0.2) is 40.3 Å². The molecule has 0 unspecified atom stereocenters. The molecule has 0 aliphatic rings. The van der Waals surface area contributed by atoms with Gasteiger partial charge in [0.1, 0.15) is 6.79 Å². The first kappa shape index (κ1) is 15.1. The Hall–Kier alpha value is -0.940. The molecule has 0 saturated carbocycles. The Kier molecular flexibility index (Phi) is 9.38. The Morgan fingerprint density at radius 3 is 2.33 bits per heavy atom. The standard InChI is InChI=1S/C14H22O4/c1-15-10-11-18-13-17-9-5-8-16-12-14-6-3-2-4-7-14/h2-4,6-7H,5,8-13H2,1H3. The van der Waals surface area contributed by atoms with Gasteiger partial charge in [0.2, 0.25) is 0 Å². The van der Waals surface area contributed by atoms with Gasteiger partial charge in [0.05, 0.1) is 26.4 Å². The molecular weight excluding hydrogens is 232 g/mol. The Morgan fingerprint density at radius 1 is 0.833 bits per heavy atom. The summed E-state index contributed by atoms with van der Waals surface area (Å²) in [6.07, 6.45) is 0.875. The zero-order chi connectivity index (χ0) is 12.9. The van der Waals surface area contributed by atoms with Crippen LogP contribution in [0.25, 0.3) is 0 Å². The van der Waals surface area contributed by atoms with Crippen LogP contribution in [0, 0.1) is 0 Å². The number of benzene rings is 1. The minimum absolute atomic E-state index is 0.321. The molecule has 4 nitrogen and oxygen atoms in total. The number of methoxy groups -OCH3 is 1. The summed E-state index contributed by atoms with van der Waals surface area (Å²) in [5.41, 5.74) is 1.20. The van der Waals surface area contributed by atoms with E-state index in [-0.39, 0.29) is 0 Å². The Morgan fingerprint density at radius 2 is 1.56 bits per heavy atom. The average molecular weight is 254 g/mol. The predicted octanol–water partition coefficient (Wildman–Crippen LogP) is 2.23. The summed E-state index contributed by atoms with van der Waals surface area (Å²) in [7, 11) is 1.65. The fraction of sp³-hybridized carbons (Fsp3) is 0.571. The molecule has 18 heavy (non-hydrogen) atoms. The van der Waals surface area contributed by atoms with Crippen molar-refractivity contribution in [2.24, 2.45) is 0 Å². The molecule has 0 fully saturated rings. The minimum Gasteiger partial charge on any atom is -0.382 e. The molecular formula is C14H22O4. The molecule has 4 heteroatoms. The maximum atomic E-state index is 5.52.